The van der Waals surface area contributed by atoms with Crippen molar-refractivity contribution in [3.8, 4) is 11.1 Å². The predicted octanol–water partition coefficient (Wildman–Crippen LogP) is 5.83. The monoisotopic (exact) mass is 450 g/mol. The Kier molecular flexibility index (Phi) is 5.36. The molecule has 2 aromatic carbocycles. The number of carbonyl (C=O) groups excluding carboxylic acids is 1. The molecular weight excluding hydrogens is 429 g/mol. The molecule has 1 saturated heterocycles. The fourth-order valence-electron chi connectivity index (χ4n) is 4.20. The van der Waals surface area contributed by atoms with Crippen LogP contribution in [0.5, 0.6) is 0 Å². The van der Waals surface area contributed by atoms with Crippen LogP contribution in [0, 0.1) is 0 Å². The first-order valence-corrected chi connectivity index (χ1v) is 10.8. The molecule has 8 heteroatoms. The summed E-state index contributed by atoms with van der Waals surface area (Å²) in [4.78, 5) is 23.8. The van der Waals surface area contributed by atoms with E-state index >= 15 is 0 Å². The van der Waals surface area contributed by atoms with Crippen molar-refractivity contribution in [1.82, 2.24) is 4.98 Å². The average molecular weight is 450 g/mol. The highest BCUT2D eigenvalue weighted by atomic mass is 19.4. The van der Waals surface area contributed by atoms with E-state index in [9.17, 15) is 18.0 Å². The number of pyridine rings is 1. The minimum absolute atomic E-state index is 0.0329. The molecular formula is C25H21F3N4O. The minimum Gasteiger partial charge on any atom is -0.357 e. The Morgan fingerprint density at radius 3 is 2.45 bits per heavy atom. The van der Waals surface area contributed by atoms with Crippen LogP contribution in [0.4, 0.5) is 30.4 Å². The topological polar surface area (TPSA) is 57.6 Å². The molecule has 0 atom stereocenters. The lowest BCUT2D eigenvalue weighted by molar-refractivity contribution is -0.137. The Morgan fingerprint density at radius 2 is 1.67 bits per heavy atom. The van der Waals surface area contributed by atoms with Crippen LogP contribution in [0.25, 0.3) is 11.1 Å². The van der Waals surface area contributed by atoms with Crippen molar-refractivity contribution >= 4 is 28.8 Å². The fraction of sp³-hybridized carbons (Fsp3) is 0.240. The summed E-state index contributed by atoms with van der Waals surface area (Å²) in [6, 6.07) is 14.9. The van der Waals surface area contributed by atoms with Crippen molar-refractivity contribution in [2.45, 2.75) is 25.4 Å². The van der Waals surface area contributed by atoms with Crippen LogP contribution >= 0.6 is 0 Å². The molecule has 33 heavy (non-hydrogen) atoms. The summed E-state index contributed by atoms with van der Waals surface area (Å²) >= 11 is 0. The molecule has 0 unspecified atom stereocenters. The molecule has 1 fully saturated rings. The maximum Gasteiger partial charge on any atom is 0.416 e. The zero-order valence-electron chi connectivity index (χ0n) is 17.7. The molecule has 3 heterocycles. The second-order valence-electron chi connectivity index (χ2n) is 8.19. The lowest BCUT2D eigenvalue weighted by Gasteiger charge is -2.17. The zero-order valence-corrected chi connectivity index (χ0v) is 17.7. The van der Waals surface area contributed by atoms with Gasteiger partial charge in [0, 0.05) is 19.3 Å². The summed E-state index contributed by atoms with van der Waals surface area (Å²) in [6.45, 7) is 2.00. The number of nitrogens with zero attached hydrogens (tertiary/aromatic N) is 3. The molecule has 1 N–H and O–H groups in total. The van der Waals surface area contributed by atoms with Crippen LogP contribution in [0.1, 0.15) is 30.4 Å². The number of alkyl halides is 3. The van der Waals surface area contributed by atoms with Crippen molar-refractivity contribution in [2.75, 3.05) is 23.3 Å². The fourth-order valence-corrected chi connectivity index (χ4v) is 4.20. The number of anilines is 2. The van der Waals surface area contributed by atoms with Gasteiger partial charge in [0.05, 0.1) is 29.1 Å². The number of carbonyl (C=O) groups is 1. The van der Waals surface area contributed by atoms with Gasteiger partial charge >= 0.3 is 6.18 Å². The van der Waals surface area contributed by atoms with Crippen molar-refractivity contribution in [3.05, 3.63) is 71.9 Å². The van der Waals surface area contributed by atoms with E-state index in [1.54, 1.807) is 6.20 Å². The maximum atomic E-state index is 13.1. The number of aromatic nitrogens is 1. The Labute approximate surface area is 189 Å². The molecule has 1 amide bonds. The first-order chi connectivity index (χ1) is 15.9. The van der Waals surface area contributed by atoms with Crippen molar-refractivity contribution in [2.24, 2.45) is 4.99 Å². The Bertz CT molecular complexity index is 1250. The lowest BCUT2D eigenvalue weighted by Crippen LogP contribution is -2.18. The lowest BCUT2D eigenvalue weighted by atomic mass is 10.00. The van der Waals surface area contributed by atoms with Gasteiger partial charge in [0.2, 0.25) is 5.91 Å². The third-order valence-corrected chi connectivity index (χ3v) is 5.89. The van der Waals surface area contributed by atoms with E-state index in [0.29, 0.717) is 11.4 Å². The summed E-state index contributed by atoms with van der Waals surface area (Å²) in [7, 11) is 0. The van der Waals surface area contributed by atoms with Gasteiger partial charge in [0.25, 0.3) is 0 Å². The average Bonchev–Trinajstić information content (AvgIpc) is 3.28. The number of aliphatic imine (C=N–C) groups is 1. The second kappa shape index (κ2) is 8.35. The maximum absolute atomic E-state index is 13.1. The molecule has 2 aliphatic heterocycles. The molecule has 3 aromatic rings. The number of rotatable bonds is 3. The molecule has 2 aliphatic rings. The number of halogens is 3. The molecule has 168 valence electrons. The number of nitrogens with one attached hydrogen (secondary N) is 1. The standard InChI is InChI=1S/C25H21F3N4O/c26-25(27,28)19-6-7-20-22(14-19)31-24(33)15-21(30-20)18-5-3-4-16(12-18)17-8-9-29-23(13-17)32-10-1-2-11-32/h3-9,12-14H,1-2,10-11,15H2,(H,31,33). The Hall–Kier alpha value is -3.68. The molecule has 0 spiro atoms. The van der Waals surface area contributed by atoms with Crippen molar-refractivity contribution in [1.29, 1.82) is 0 Å². The van der Waals surface area contributed by atoms with Crippen LogP contribution in [0.2, 0.25) is 0 Å². The van der Waals surface area contributed by atoms with Gasteiger partial charge in [0.1, 0.15) is 5.82 Å². The summed E-state index contributed by atoms with van der Waals surface area (Å²) in [5.41, 5.74) is 2.74. The molecule has 5 rings (SSSR count). The molecule has 1 aromatic heterocycles. The van der Waals surface area contributed by atoms with E-state index in [4.69, 9.17) is 0 Å². The number of hydrogen-bond acceptors (Lipinski definition) is 4. The first kappa shape index (κ1) is 21.2. The normalized spacial score (nSPS) is 16.2. The van der Waals surface area contributed by atoms with Crippen LogP contribution in [-0.2, 0) is 11.0 Å². The summed E-state index contributed by atoms with van der Waals surface area (Å²) in [5.74, 6) is 0.536. The van der Waals surface area contributed by atoms with Gasteiger partial charge < -0.3 is 10.2 Å². The smallest absolute Gasteiger partial charge is 0.357 e. The largest absolute Gasteiger partial charge is 0.416 e. The Morgan fingerprint density at radius 1 is 0.909 bits per heavy atom. The van der Waals surface area contributed by atoms with Gasteiger partial charge in [-0.15, -0.1) is 0 Å². The quantitative estimate of drug-likeness (QED) is 0.546. The minimum atomic E-state index is -4.49. The van der Waals surface area contributed by atoms with E-state index in [1.807, 2.05) is 30.3 Å². The van der Waals surface area contributed by atoms with Crippen molar-refractivity contribution < 1.29 is 18.0 Å². The highest BCUT2D eigenvalue weighted by Crippen LogP contribution is 2.37. The second-order valence-corrected chi connectivity index (χ2v) is 8.19. The first-order valence-electron chi connectivity index (χ1n) is 10.8. The van der Waals surface area contributed by atoms with Gasteiger partial charge in [-0.2, -0.15) is 13.2 Å². The number of benzene rings is 2. The third-order valence-electron chi connectivity index (χ3n) is 5.89. The third kappa shape index (κ3) is 4.46. The SMILES string of the molecule is O=C1CC(c2cccc(-c3ccnc(N4CCCC4)c3)c2)=Nc2ccc(C(F)(F)F)cc2N1. The molecule has 5 nitrogen and oxygen atoms in total. The van der Waals surface area contributed by atoms with E-state index in [2.05, 4.69) is 26.3 Å². The highest BCUT2D eigenvalue weighted by Gasteiger charge is 2.31. The number of amides is 1. The predicted molar refractivity (Wildman–Crippen MR) is 122 cm³/mol. The van der Waals surface area contributed by atoms with E-state index < -0.39 is 17.6 Å². The number of hydrogen-bond donors (Lipinski definition) is 1. The van der Waals surface area contributed by atoms with E-state index in [-0.39, 0.29) is 12.1 Å². The van der Waals surface area contributed by atoms with Crippen LogP contribution in [-0.4, -0.2) is 29.7 Å². The van der Waals surface area contributed by atoms with Gasteiger partial charge in [-0.05, 0) is 65.9 Å². The molecule has 0 bridgehead atoms. The summed E-state index contributed by atoms with van der Waals surface area (Å²) in [5, 5.41) is 2.55. The molecule has 0 radical (unpaired) electrons. The van der Waals surface area contributed by atoms with Gasteiger partial charge in [-0.3, -0.25) is 9.79 Å². The van der Waals surface area contributed by atoms with Gasteiger partial charge in [-0.1, -0.05) is 18.2 Å². The summed E-state index contributed by atoms with van der Waals surface area (Å²) < 4.78 is 39.2. The summed E-state index contributed by atoms with van der Waals surface area (Å²) in [6.07, 6.45) is -0.411. The Balaban J connectivity index is 1.50. The molecule has 0 saturated carbocycles. The zero-order chi connectivity index (χ0) is 23.0. The van der Waals surface area contributed by atoms with Gasteiger partial charge in [-0.25, -0.2) is 4.98 Å². The van der Waals surface area contributed by atoms with Crippen LogP contribution < -0.4 is 10.2 Å². The van der Waals surface area contributed by atoms with Crippen molar-refractivity contribution in [3.63, 3.8) is 0 Å². The van der Waals surface area contributed by atoms with Crippen LogP contribution in [0.3, 0.4) is 0 Å². The van der Waals surface area contributed by atoms with E-state index in [1.165, 1.54) is 6.07 Å². The van der Waals surface area contributed by atoms with E-state index in [0.717, 1.165) is 60.6 Å². The van der Waals surface area contributed by atoms with Crippen LogP contribution in [0.15, 0.2) is 65.8 Å². The molecule has 0 aliphatic carbocycles. The number of fused-ring (bicyclic) bond motifs is 1. The highest BCUT2D eigenvalue weighted by molar-refractivity contribution is 6.17. The van der Waals surface area contributed by atoms with Gasteiger partial charge in [0.15, 0.2) is 0 Å².